The Kier molecular flexibility index (Phi) is 5.66. The molecule has 1 atom stereocenters. The molecular weight excluding hydrogens is 318 g/mol. The molecule has 0 radical (unpaired) electrons. The zero-order valence-electron chi connectivity index (χ0n) is 14.1. The Morgan fingerprint density at radius 1 is 1.16 bits per heavy atom. The van der Waals surface area contributed by atoms with Crippen LogP contribution in [-0.4, -0.2) is 36.7 Å². The lowest BCUT2D eigenvalue weighted by atomic mass is 9.95. The van der Waals surface area contributed by atoms with Crippen molar-refractivity contribution in [3.63, 3.8) is 0 Å². The van der Waals surface area contributed by atoms with Gasteiger partial charge in [0.25, 0.3) is 0 Å². The fraction of sp³-hybridized carbons (Fsp3) is 0.400. The van der Waals surface area contributed by atoms with Gasteiger partial charge in [-0.3, -0.25) is 9.59 Å². The molecule has 1 saturated carbocycles. The van der Waals surface area contributed by atoms with Gasteiger partial charge in [-0.1, -0.05) is 42.5 Å². The average molecular weight is 341 g/mol. The highest BCUT2D eigenvalue weighted by atomic mass is 16.5. The number of ether oxygens (including phenoxy) is 1. The predicted octanol–water partition coefficient (Wildman–Crippen LogP) is 2.63. The van der Waals surface area contributed by atoms with Gasteiger partial charge in [0.15, 0.2) is 0 Å². The molecule has 1 fully saturated rings. The number of hydrogen-bond donors (Lipinski definition) is 2. The highest BCUT2D eigenvalue weighted by molar-refractivity contribution is 5.86. The normalized spacial score (nSPS) is 15.0. The van der Waals surface area contributed by atoms with Gasteiger partial charge in [0.2, 0.25) is 5.91 Å². The molecule has 0 bridgehead atoms. The first kappa shape index (κ1) is 17.4. The summed E-state index contributed by atoms with van der Waals surface area (Å²) in [4.78, 5) is 23.4. The SMILES string of the molecule is O=C(COCC1CC1)NCC(Cc1cccc2ccccc12)C(=O)O. The highest BCUT2D eigenvalue weighted by Crippen LogP contribution is 2.28. The minimum Gasteiger partial charge on any atom is -0.481 e. The van der Waals surface area contributed by atoms with Gasteiger partial charge in [-0.2, -0.15) is 0 Å². The van der Waals surface area contributed by atoms with E-state index in [2.05, 4.69) is 5.32 Å². The van der Waals surface area contributed by atoms with Crippen LogP contribution in [0.4, 0.5) is 0 Å². The van der Waals surface area contributed by atoms with Crippen molar-refractivity contribution in [3.8, 4) is 0 Å². The lowest BCUT2D eigenvalue weighted by molar-refractivity contribution is -0.141. The van der Waals surface area contributed by atoms with Crippen LogP contribution in [0.1, 0.15) is 18.4 Å². The fourth-order valence-corrected chi connectivity index (χ4v) is 2.87. The van der Waals surface area contributed by atoms with Crippen LogP contribution < -0.4 is 5.32 Å². The minimum atomic E-state index is -0.910. The highest BCUT2D eigenvalue weighted by Gasteiger charge is 2.22. The van der Waals surface area contributed by atoms with E-state index in [0.29, 0.717) is 18.9 Å². The number of carbonyl (C=O) groups is 2. The Hall–Kier alpha value is -2.40. The summed E-state index contributed by atoms with van der Waals surface area (Å²) in [6.45, 7) is 0.715. The van der Waals surface area contributed by atoms with E-state index in [1.165, 1.54) is 12.8 Å². The fourth-order valence-electron chi connectivity index (χ4n) is 2.87. The Morgan fingerprint density at radius 2 is 1.92 bits per heavy atom. The molecule has 2 N–H and O–H groups in total. The smallest absolute Gasteiger partial charge is 0.308 e. The molecule has 1 aliphatic carbocycles. The molecule has 1 amide bonds. The molecule has 5 heteroatoms. The van der Waals surface area contributed by atoms with Crippen LogP contribution in [0.25, 0.3) is 10.8 Å². The summed E-state index contributed by atoms with van der Waals surface area (Å²) in [5, 5.41) is 14.3. The van der Waals surface area contributed by atoms with Gasteiger partial charge in [-0.15, -0.1) is 0 Å². The quantitative estimate of drug-likeness (QED) is 0.735. The Balaban J connectivity index is 1.57. The molecular formula is C20H23NO4. The van der Waals surface area contributed by atoms with E-state index >= 15 is 0 Å². The van der Waals surface area contributed by atoms with Crippen molar-refractivity contribution in [1.29, 1.82) is 0 Å². The van der Waals surface area contributed by atoms with Crippen LogP contribution >= 0.6 is 0 Å². The second kappa shape index (κ2) is 8.12. The second-order valence-electron chi connectivity index (χ2n) is 6.64. The van der Waals surface area contributed by atoms with Crippen molar-refractivity contribution in [3.05, 3.63) is 48.0 Å². The first-order valence-corrected chi connectivity index (χ1v) is 8.67. The third-order valence-corrected chi connectivity index (χ3v) is 4.52. The summed E-state index contributed by atoms with van der Waals surface area (Å²) in [6, 6.07) is 13.8. The van der Waals surface area contributed by atoms with Crippen LogP contribution in [0.5, 0.6) is 0 Å². The maximum Gasteiger partial charge on any atom is 0.308 e. The average Bonchev–Trinajstić information content (AvgIpc) is 3.42. The molecule has 0 aliphatic heterocycles. The molecule has 2 aromatic carbocycles. The zero-order valence-corrected chi connectivity index (χ0v) is 14.1. The summed E-state index contributed by atoms with van der Waals surface area (Å²) < 4.78 is 5.33. The molecule has 132 valence electrons. The first-order chi connectivity index (χ1) is 12.1. The van der Waals surface area contributed by atoms with Crippen LogP contribution in [0, 0.1) is 11.8 Å². The molecule has 0 heterocycles. The van der Waals surface area contributed by atoms with Gasteiger partial charge in [0.1, 0.15) is 6.61 Å². The molecule has 0 aromatic heterocycles. The van der Waals surface area contributed by atoms with Crippen molar-refractivity contribution in [2.24, 2.45) is 11.8 Å². The third kappa shape index (κ3) is 5.03. The number of carboxylic acids is 1. The van der Waals surface area contributed by atoms with Gasteiger partial charge in [0.05, 0.1) is 12.5 Å². The second-order valence-corrected chi connectivity index (χ2v) is 6.64. The van der Waals surface area contributed by atoms with Crippen molar-refractivity contribution >= 4 is 22.6 Å². The number of benzene rings is 2. The monoisotopic (exact) mass is 341 g/mol. The topological polar surface area (TPSA) is 75.6 Å². The zero-order chi connectivity index (χ0) is 17.6. The lowest BCUT2D eigenvalue weighted by Crippen LogP contribution is -2.36. The van der Waals surface area contributed by atoms with Crippen molar-refractivity contribution in [2.75, 3.05) is 19.8 Å². The Labute approximate surface area is 147 Å². The van der Waals surface area contributed by atoms with E-state index in [9.17, 15) is 14.7 Å². The van der Waals surface area contributed by atoms with Crippen molar-refractivity contribution in [2.45, 2.75) is 19.3 Å². The number of amides is 1. The van der Waals surface area contributed by atoms with Crippen LogP contribution in [0.15, 0.2) is 42.5 Å². The van der Waals surface area contributed by atoms with Gasteiger partial charge < -0.3 is 15.2 Å². The number of hydrogen-bond acceptors (Lipinski definition) is 3. The van der Waals surface area contributed by atoms with E-state index in [1.807, 2.05) is 42.5 Å². The van der Waals surface area contributed by atoms with Crippen LogP contribution in [-0.2, 0) is 20.7 Å². The lowest BCUT2D eigenvalue weighted by Gasteiger charge is -2.15. The molecule has 5 nitrogen and oxygen atoms in total. The summed E-state index contributed by atoms with van der Waals surface area (Å²) in [6.07, 6.45) is 2.72. The first-order valence-electron chi connectivity index (χ1n) is 8.67. The van der Waals surface area contributed by atoms with Gasteiger partial charge in [0, 0.05) is 6.54 Å². The maximum absolute atomic E-state index is 11.8. The van der Waals surface area contributed by atoms with Crippen LogP contribution in [0.3, 0.4) is 0 Å². The number of carbonyl (C=O) groups excluding carboxylic acids is 1. The molecule has 1 unspecified atom stereocenters. The van der Waals surface area contributed by atoms with E-state index < -0.39 is 11.9 Å². The summed E-state index contributed by atoms with van der Waals surface area (Å²) in [5.74, 6) is -1.24. The van der Waals surface area contributed by atoms with Gasteiger partial charge in [-0.05, 0) is 41.5 Å². The number of nitrogens with one attached hydrogen (secondary N) is 1. The number of rotatable bonds is 9. The largest absolute Gasteiger partial charge is 0.481 e. The number of aliphatic carboxylic acids is 1. The van der Waals surface area contributed by atoms with E-state index in [0.717, 1.165) is 16.3 Å². The summed E-state index contributed by atoms with van der Waals surface area (Å²) in [5.41, 5.74) is 0.977. The van der Waals surface area contributed by atoms with Crippen LogP contribution in [0.2, 0.25) is 0 Å². The molecule has 25 heavy (non-hydrogen) atoms. The van der Waals surface area contributed by atoms with E-state index in [1.54, 1.807) is 0 Å². The Bertz CT molecular complexity index is 749. The van der Waals surface area contributed by atoms with E-state index in [-0.39, 0.29) is 19.1 Å². The molecule has 3 rings (SSSR count). The maximum atomic E-state index is 11.8. The van der Waals surface area contributed by atoms with Crippen molar-refractivity contribution < 1.29 is 19.4 Å². The minimum absolute atomic E-state index is 0.00287. The standard InChI is InChI=1S/C20H23NO4/c22-19(13-25-12-14-8-9-14)21-11-17(20(23)24)10-16-6-3-5-15-4-1-2-7-18(15)16/h1-7,14,17H,8-13H2,(H,21,22)(H,23,24). The molecule has 2 aromatic rings. The third-order valence-electron chi connectivity index (χ3n) is 4.52. The summed E-state index contributed by atoms with van der Waals surface area (Å²) >= 11 is 0. The van der Waals surface area contributed by atoms with Gasteiger partial charge in [-0.25, -0.2) is 0 Å². The van der Waals surface area contributed by atoms with Crippen molar-refractivity contribution in [1.82, 2.24) is 5.32 Å². The van der Waals surface area contributed by atoms with Gasteiger partial charge >= 0.3 is 5.97 Å². The molecule has 0 spiro atoms. The molecule has 1 aliphatic rings. The number of fused-ring (bicyclic) bond motifs is 1. The molecule has 0 saturated heterocycles. The predicted molar refractivity (Wildman–Crippen MR) is 95.3 cm³/mol. The van der Waals surface area contributed by atoms with E-state index in [4.69, 9.17) is 4.74 Å². The summed E-state index contributed by atoms with van der Waals surface area (Å²) in [7, 11) is 0. The number of carboxylic acid groups (broad SMARTS) is 1. The Morgan fingerprint density at radius 3 is 2.68 bits per heavy atom.